The minimum atomic E-state index is -0.224. The number of halogens is 3. The highest BCUT2D eigenvalue weighted by Gasteiger charge is 2.24. The first-order valence-electron chi connectivity index (χ1n) is 4.10. The van der Waals surface area contributed by atoms with Gasteiger partial charge < -0.3 is 21.9 Å². The molecule has 4 nitrogen and oxygen atoms in total. The van der Waals surface area contributed by atoms with Gasteiger partial charge in [0.05, 0.1) is 6.10 Å². The Kier molecular flexibility index (Phi) is 14.7. The molecule has 0 aromatic carbocycles. The van der Waals surface area contributed by atoms with Crippen LogP contribution in [0.2, 0.25) is 0 Å². The fourth-order valence-electron chi connectivity index (χ4n) is 1.55. The molecule has 2 unspecified atom stereocenters. The van der Waals surface area contributed by atoms with E-state index in [-0.39, 0.29) is 55.4 Å². The molecule has 0 aromatic heterocycles. The van der Waals surface area contributed by atoms with Crippen LogP contribution in [0.1, 0.15) is 12.8 Å². The number of aliphatic hydroxyl groups is 1. The third-order valence-electron chi connectivity index (χ3n) is 2.15. The van der Waals surface area contributed by atoms with E-state index in [0.717, 1.165) is 12.8 Å². The van der Waals surface area contributed by atoms with Crippen LogP contribution in [0.4, 0.5) is 0 Å². The van der Waals surface area contributed by atoms with Crippen LogP contribution in [-0.4, -0.2) is 36.4 Å². The summed E-state index contributed by atoms with van der Waals surface area (Å²) in [6, 6.07) is 0.486. The van der Waals surface area contributed by atoms with E-state index in [1.54, 1.807) is 0 Å². The van der Waals surface area contributed by atoms with E-state index in [4.69, 9.17) is 11.5 Å². The zero-order valence-electron chi connectivity index (χ0n) is 7.89. The second kappa shape index (κ2) is 10.2. The lowest BCUT2D eigenvalue weighted by Crippen LogP contribution is -2.53. The largest absolute Gasteiger partial charge is 0.393 e. The Balaban J connectivity index is -0.000000403. The topological polar surface area (TPSA) is 84.3 Å². The van der Waals surface area contributed by atoms with E-state index >= 15 is 0 Å². The van der Waals surface area contributed by atoms with Gasteiger partial charge in [-0.1, -0.05) is 0 Å². The molecule has 1 fully saturated rings. The molecule has 0 aliphatic carbocycles. The molecule has 14 heavy (non-hydrogen) atoms. The van der Waals surface area contributed by atoms with E-state index in [9.17, 15) is 5.11 Å². The molecular formula is C7H20Cl3N3O. The fourth-order valence-corrected chi connectivity index (χ4v) is 1.55. The molecule has 0 spiro atoms. The van der Waals surface area contributed by atoms with Gasteiger partial charge in [-0.3, -0.25) is 0 Å². The maximum absolute atomic E-state index is 9.36. The van der Waals surface area contributed by atoms with Gasteiger partial charge in [0, 0.05) is 25.2 Å². The van der Waals surface area contributed by atoms with Crippen molar-refractivity contribution < 1.29 is 5.11 Å². The molecule has 1 rings (SSSR count). The Labute approximate surface area is 103 Å². The third-order valence-corrected chi connectivity index (χ3v) is 2.15. The molecule has 1 aliphatic rings. The molecule has 0 saturated carbocycles. The highest BCUT2D eigenvalue weighted by Crippen LogP contribution is 2.11. The van der Waals surface area contributed by atoms with Gasteiger partial charge in [0.25, 0.3) is 0 Å². The zero-order chi connectivity index (χ0) is 8.27. The number of piperidine rings is 1. The molecule has 0 aromatic rings. The summed E-state index contributed by atoms with van der Waals surface area (Å²) in [5, 5.41) is 12.6. The highest BCUT2D eigenvalue weighted by molar-refractivity contribution is 5.86. The predicted molar refractivity (Wildman–Crippen MR) is 65.8 cm³/mol. The van der Waals surface area contributed by atoms with Gasteiger partial charge >= 0.3 is 0 Å². The standard InChI is InChI=1S/C7H17N3O.3ClH/c8-3-5-1-7(11)2-6(4-9)10-5;;;/h5-7,10-11H,1-4,8-9H2;3*1H. The number of hydrogen-bond acceptors (Lipinski definition) is 4. The summed E-state index contributed by atoms with van der Waals surface area (Å²) in [4.78, 5) is 0. The van der Waals surface area contributed by atoms with Gasteiger partial charge in [-0.15, -0.1) is 37.2 Å². The van der Waals surface area contributed by atoms with Crippen LogP contribution in [0.5, 0.6) is 0 Å². The molecule has 7 heteroatoms. The van der Waals surface area contributed by atoms with E-state index in [0.29, 0.717) is 13.1 Å². The summed E-state index contributed by atoms with van der Waals surface area (Å²) in [6.07, 6.45) is 1.29. The van der Waals surface area contributed by atoms with Crippen molar-refractivity contribution >= 4 is 37.2 Å². The van der Waals surface area contributed by atoms with Crippen molar-refractivity contribution in [3.63, 3.8) is 0 Å². The zero-order valence-corrected chi connectivity index (χ0v) is 10.3. The molecule has 0 amide bonds. The highest BCUT2D eigenvalue weighted by atomic mass is 35.5. The number of nitrogens with one attached hydrogen (secondary N) is 1. The predicted octanol–water partition coefficient (Wildman–Crippen LogP) is -0.349. The van der Waals surface area contributed by atoms with Crippen molar-refractivity contribution in [1.82, 2.24) is 5.32 Å². The van der Waals surface area contributed by atoms with Crippen molar-refractivity contribution in [3.8, 4) is 0 Å². The van der Waals surface area contributed by atoms with Crippen molar-refractivity contribution in [2.24, 2.45) is 11.5 Å². The second-order valence-corrected chi connectivity index (χ2v) is 3.16. The smallest absolute Gasteiger partial charge is 0.0570 e. The maximum Gasteiger partial charge on any atom is 0.0570 e. The first kappa shape index (κ1) is 20.2. The van der Waals surface area contributed by atoms with Crippen LogP contribution in [0.25, 0.3) is 0 Å². The Morgan fingerprint density at radius 3 is 1.64 bits per heavy atom. The Morgan fingerprint density at radius 1 is 1.00 bits per heavy atom. The monoisotopic (exact) mass is 267 g/mol. The summed E-state index contributed by atoms with van der Waals surface area (Å²) in [7, 11) is 0. The lowest BCUT2D eigenvalue weighted by molar-refractivity contribution is 0.0970. The van der Waals surface area contributed by atoms with Gasteiger partial charge in [0.2, 0.25) is 0 Å². The van der Waals surface area contributed by atoms with Crippen LogP contribution in [-0.2, 0) is 0 Å². The van der Waals surface area contributed by atoms with Crippen LogP contribution < -0.4 is 16.8 Å². The molecule has 0 bridgehead atoms. The summed E-state index contributed by atoms with van der Waals surface area (Å²) in [6.45, 7) is 1.15. The number of hydrogen-bond donors (Lipinski definition) is 4. The molecule has 1 heterocycles. The molecule has 90 valence electrons. The van der Waals surface area contributed by atoms with E-state index in [1.807, 2.05) is 0 Å². The normalized spacial score (nSPS) is 30.6. The van der Waals surface area contributed by atoms with Gasteiger partial charge in [-0.25, -0.2) is 0 Å². The first-order valence-corrected chi connectivity index (χ1v) is 4.10. The minimum Gasteiger partial charge on any atom is -0.393 e. The Morgan fingerprint density at radius 2 is 1.36 bits per heavy atom. The SMILES string of the molecule is Cl.Cl.Cl.NCC1CC(O)CC(CN)N1. The van der Waals surface area contributed by atoms with Gasteiger partial charge in [-0.05, 0) is 12.8 Å². The Bertz CT molecular complexity index is 119. The summed E-state index contributed by atoms with van der Waals surface area (Å²) >= 11 is 0. The molecule has 1 aliphatic heterocycles. The number of rotatable bonds is 2. The molecule has 1 saturated heterocycles. The van der Waals surface area contributed by atoms with Gasteiger partial charge in [0.15, 0.2) is 0 Å². The average molecular weight is 269 g/mol. The quantitative estimate of drug-likeness (QED) is 0.552. The number of aliphatic hydroxyl groups excluding tert-OH is 1. The third kappa shape index (κ3) is 6.24. The maximum atomic E-state index is 9.36. The van der Waals surface area contributed by atoms with Crippen LogP contribution >= 0.6 is 37.2 Å². The van der Waals surface area contributed by atoms with E-state index in [1.165, 1.54) is 0 Å². The number of nitrogens with two attached hydrogens (primary N) is 2. The second-order valence-electron chi connectivity index (χ2n) is 3.16. The van der Waals surface area contributed by atoms with Crippen molar-refractivity contribution in [2.45, 2.75) is 31.0 Å². The summed E-state index contributed by atoms with van der Waals surface area (Å²) < 4.78 is 0. The Hall–Kier alpha value is 0.710. The van der Waals surface area contributed by atoms with Crippen molar-refractivity contribution in [3.05, 3.63) is 0 Å². The van der Waals surface area contributed by atoms with Crippen molar-refractivity contribution in [2.75, 3.05) is 13.1 Å². The summed E-state index contributed by atoms with van der Waals surface area (Å²) in [5.41, 5.74) is 10.9. The lowest BCUT2D eigenvalue weighted by atomic mass is 9.96. The fraction of sp³-hybridized carbons (Fsp3) is 1.00. The summed E-state index contributed by atoms with van der Waals surface area (Å²) in [5.74, 6) is 0. The minimum absolute atomic E-state index is 0. The lowest BCUT2D eigenvalue weighted by Gasteiger charge is -2.32. The van der Waals surface area contributed by atoms with Gasteiger partial charge in [-0.2, -0.15) is 0 Å². The van der Waals surface area contributed by atoms with E-state index < -0.39 is 0 Å². The average Bonchev–Trinajstić information content (AvgIpc) is 2.03. The first-order chi connectivity index (χ1) is 5.26. The van der Waals surface area contributed by atoms with Crippen LogP contribution in [0.3, 0.4) is 0 Å². The molecule has 0 radical (unpaired) electrons. The van der Waals surface area contributed by atoms with Gasteiger partial charge in [0.1, 0.15) is 0 Å². The van der Waals surface area contributed by atoms with E-state index in [2.05, 4.69) is 5.32 Å². The van der Waals surface area contributed by atoms with Crippen molar-refractivity contribution in [1.29, 1.82) is 0 Å². The molecule has 6 N–H and O–H groups in total. The van der Waals surface area contributed by atoms with Crippen LogP contribution in [0, 0.1) is 0 Å². The van der Waals surface area contributed by atoms with Crippen LogP contribution in [0.15, 0.2) is 0 Å². The molecular weight excluding hydrogens is 248 g/mol. The molecule has 2 atom stereocenters.